The second-order valence-corrected chi connectivity index (χ2v) is 7.35. The van der Waals surface area contributed by atoms with Gasteiger partial charge in [0.25, 0.3) is 0 Å². The Hall–Kier alpha value is -2.74. The SMILES string of the molecule is COc1cc(C)c(NC(=O)C(C)SCC(=O)Nc2ccc(F)cc2)cc1OC. The van der Waals surface area contributed by atoms with E-state index >= 15 is 0 Å². The number of carbonyl (C=O) groups excluding carboxylic acids is 2. The fourth-order valence-electron chi connectivity index (χ4n) is 2.36. The van der Waals surface area contributed by atoms with Crippen LogP contribution in [0.1, 0.15) is 12.5 Å². The van der Waals surface area contributed by atoms with Gasteiger partial charge in [0, 0.05) is 17.4 Å². The molecule has 28 heavy (non-hydrogen) atoms. The van der Waals surface area contributed by atoms with Crippen LogP contribution in [0.25, 0.3) is 0 Å². The highest BCUT2D eigenvalue weighted by atomic mass is 32.2. The maximum Gasteiger partial charge on any atom is 0.237 e. The molecule has 0 aromatic heterocycles. The van der Waals surface area contributed by atoms with E-state index in [4.69, 9.17) is 9.47 Å². The summed E-state index contributed by atoms with van der Waals surface area (Å²) in [7, 11) is 3.07. The number of nitrogens with one attached hydrogen (secondary N) is 2. The number of ether oxygens (including phenoxy) is 2. The predicted octanol–water partition coefficient (Wildman–Crippen LogP) is 3.85. The molecule has 150 valence electrons. The number of amides is 2. The van der Waals surface area contributed by atoms with E-state index in [9.17, 15) is 14.0 Å². The molecule has 1 unspecified atom stereocenters. The lowest BCUT2D eigenvalue weighted by Crippen LogP contribution is -2.25. The maximum absolute atomic E-state index is 12.9. The number of aryl methyl sites for hydroxylation is 1. The van der Waals surface area contributed by atoms with Crippen molar-refractivity contribution in [2.45, 2.75) is 19.1 Å². The van der Waals surface area contributed by atoms with Gasteiger partial charge >= 0.3 is 0 Å². The van der Waals surface area contributed by atoms with Crippen molar-refractivity contribution in [2.75, 3.05) is 30.6 Å². The lowest BCUT2D eigenvalue weighted by atomic mass is 10.1. The standard InChI is InChI=1S/C20H23FN2O4S/c1-12-9-17(26-3)18(27-4)10-16(12)23-20(25)13(2)28-11-19(24)22-15-7-5-14(21)6-8-15/h5-10,13H,11H2,1-4H3,(H,22,24)(H,23,25). The second-order valence-electron chi connectivity index (χ2n) is 6.02. The number of benzene rings is 2. The third-order valence-corrected chi connectivity index (χ3v) is 5.09. The van der Waals surface area contributed by atoms with Gasteiger partial charge < -0.3 is 20.1 Å². The molecule has 0 spiro atoms. The first kappa shape index (κ1) is 21.6. The van der Waals surface area contributed by atoms with Gasteiger partial charge in [-0.25, -0.2) is 4.39 Å². The van der Waals surface area contributed by atoms with Crippen LogP contribution in [0.3, 0.4) is 0 Å². The molecule has 0 aliphatic heterocycles. The maximum atomic E-state index is 12.9. The summed E-state index contributed by atoms with van der Waals surface area (Å²) in [6.45, 7) is 3.58. The van der Waals surface area contributed by atoms with E-state index in [1.165, 1.54) is 43.1 Å². The highest BCUT2D eigenvalue weighted by Crippen LogP contribution is 2.33. The van der Waals surface area contributed by atoms with E-state index in [1.54, 1.807) is 26.2 Å². The van der Waals surface area contributed by atoms with E-state index in [0.29, 0.717) is 22.9 Å². The van der Waals surface area contributed by atoms with Crippen LogP contribution in [0, 0.1) is 12.7 Å². The van der Waals surface area contributed by atoms with Crippen LogP contribution >= 0.6 is 11.8 Å². The molecule has 0 fully saturated rings. The zero-order valence-electron chi connectivity index (χ0n) is 16.2. The zero-order chi connectivity index (χ0) is 20.7. The van der Waals surface area contributed by atoms with Crippen LogP contribution in [0.15, 0.2) is 36.4 Å². The van der Waals surface area contributed by atoms with Crippen LogP contribution < -0.4 is 20.1 Å². The van der Waals surface area contributed by atoms with E-state index in [1.807, 2.05) is 6.92 Å². The molecular weight excluding hydrogens is 383 g/mol. The van der Waals surface area contributed by atoms with Gasteiger partial charge in [-0.3, -0.25) is 9.59 Å². The summed E-state index contributed by atoms with van der Waals surface area (Å²) in [5.41, 5.74) is 1.95. The van der Waals surface area contributed by atoms with Gasteiger partial charge in [0.1, 0.15) is 5.82 Å². The monoisotopic (exact) mass is 406 g/mol. The van der Waals surface area contributed by atoms with Crippen LogP contribution in [0.2, 0.25) is 0 Å². The minimum absolute atomic E-state index is 0.0941. The van der Waals surface area contributed by atoms with E-state index in [2.05, 4.69) is 10.6 Å². The summed E-state index contributed by atoms with van der Waals surface area (Å²) in [5.74, 6) is 0.327. The average Bonchev–Trinajstić information content (AvgIpc) is 2.68. The number of halogens is 1. The molecule has 2 aromatic carbocycles. The quantitative estimate of drug-likeness (QED) is 0.696. The number of hydrogen-bond acceptors (Lipinski definition) is 5. The fourth-order valence-corrected chi connectivity index (χ4v) is 3.04. The molecular formula is C20H23FN2O4S. The van der Waals surface area contributed by atoms with Crippen LogP contribution in [0.4, 0.5) is 15.8 Å². The lowest BCUT2D eigenvalue weighted by Gasteiger charge is -2.16. The van der Waals surface area contributed by atoms with Crippen LogP contribution in [0.5, 0.6) is 11.5 Å². The molecule has 0 bridgehead atoms. The number of rotatable bonds is 8. The van der Waals surface area contributed by atoms with E-state index < -0.39 is 5.25 Å². The molecule has 2 amide bonds. The molecule has 2 rings (SSSR count). The number of carbonyl (C=O) groups is 2. The van der Waals surface area contributed by atoms with Crippen molar-refractivity contribution in [3.05, 3.63) is 47.8 Å². The molecule has 0 aliphatic carbocycles. The molecule has 0 radical (unpaired) electrons. The van der Waals surface area contributed by atoms with Gasteiger partial charge in [0.05, 0.1) is 25.2 Å². The first-order valence-corrected chi connectivity index (χ1v) is 9.59. The summed E-state index contributed by atoms with van der Waals surface area (Å²) < 4.78 is 23.4. The fraction of sp³-hybridized carbons (Fsp3) is 0.300. The van der Waals surface area contributed by atoms with Gasteiger partial charge in [-0.1, -0.05) is 0 Å². The lowest BCUT2D eigenvalue weighted by molar-refractivity contribution is -0.115. The largest absolute Gasteiger partial charge is 0.493 e. The minimum Gasteiger partial charge on any atom is -0.493 e. The van der Waals surface area contributed by atoms with Gasteiger partial charge in [0.15, 0.2) is 11.5 Å². The number of thioether (sulfide) groups is 1. The van der Waals surface area contributed by atoms with Gasteiger partial charge in [-0.2, -0.15) is 0 Å². The Kier molecular flexibility index (Phi) is 7.69. The van der Waals surface area contributed by atoms with Crippen LogP contribution in [-0.2, 0) is 9.59 Å². The first-order valence-electron chi connectivity index (χ1n) is 8.54. The van der Waals surface area contributed by atoms with Crippen LogP contribution in [-0.4, -0.2) is 37.0 Å². The number of anilines is 2. The normalized spacial score (nSPS) is 11.5. The average molecular weight is 406 g/mol. The summed E-state index contributed by atoms with van der Waals surface area (Å²) in [6, 6.07) is 8.98. The highest BCUT2D eigenvalue weighted by molar-refractivity contribution is 8.01. The molecule has 6 nitrogen and oxygen atoms in total. The summed E-state index contributed by atoms with van der Waals surface area (Å²) in [4.78, 5) is 24.5. The molecule has 0 heterocycles. The predicted molar refractivity (Wildman–Crippen MR) is 110 cm³/mol. The second kappa shape index (κ2) is 9.98. The zero-order valence-corrected chi connectivity index (χ0v) is 17.0. The van der Waals surface area contributed by atoms with Crippen molar-refractivity contribution in [3.8, 4) is 11.5 Å². The number of methoxy groups -OCH3 is 2. The van der Waals surface area contributed by atoms with Crippen molar-refractivity contribution in [2.24, 2.45) is 0 Å². The third kappa shape index (κ3) is 5.88. The molecule has 2 N–H and O–H groups in total. The van der Waals surface area contributed by atoms with E-state index in [0.717, 1.165) is 5.56 Å². The summed E-state index contributed by atoms with van der Waals surface area (Å²) in [5, 5.41) is 5.06. The van der Waals surface area contributed by atoms with Gasteiger partial charge in [-0.05, 0) is 49.7 Å². The minimum atomic E-state index is -0.452. The Bertz CT molecular complexity index is 843. The molecule has 8 heteroatoms. The Morgan fingerprint density at radius 3 is 2.29 bits per heavy atom. The van der Waals surface area contributed by atoms with Crippen molar-refractivity contribution >= 4 is 35.0 Å². The summed E-state index contributed by atoms with van der Waals surface area (Å²) in [6.07, 6.45) is 0. The van der Waals surface area contributed by atoms with Crippen molar-refractivity contribution in [3.63, 3.8) is 0 Å². The first-order chi connectivity index (χ1) is 13.3. The molecule has 0 aliphatic rings. The Balaban J connectivity index is 1.90. The molecule has 2 aromatic rings. The smallest absolute Gasteiger partial charge is 0.237 e. The summed E-state index contributed by atoms with van der Waals surface area (Å²) >= 11 is 1.20. The third-order valence-electron chi connectivity index (χ3n) is 3.95. The molecule has 0 saturated carbocycles. The topological polar surface area (TPSA) is 76.7 Å². The van der Waals surface area contributed by atoms with Crippen molar-refractivity contribution < 1.29 is 23.5 Å². The van der Waals surface area contributed by atoms with Gasteiger partial charge in [-0.15, -0.1) is 11.8 Å². The Morgan fingerprint density at radius 2 is 1.68 bits per heavy atom. The molecule has 0 saturated heterocycles. The molecule has 1 atom stereocenters. The highest BCUT2D eigenvalue weighted by Gasteiger charge is 2.18. The number of hydrogen-bond donors (Lipinski definition) is 2. The van der Waals surface area contributed by atoms with Gasteiger partial charge in [0.2, 0.25) is 11.8 Å². The van der Waals surface area contributed by atoms with Crippen molar-refractivity contribution in [1.29, 1.82) is 0 Å². The Morgan fingerprint density at radius 1 is 1.07 bits per heavy atom. The Labute approximate surface area is 167 Å². The van der Waals surface area contributed by atoms with Crippen molar-refractivity contribution in [1.82, 2.24) is 0 Å². The van der Waals surface area contributed by atoms with E-state index in [-0.39, 0.29) is 23.4 Å².